The van der Waals surface area contributed by atoms with Crippen molar-refractivity contribution in [2.24, 2.45) is 11.8 Å². The topological polar surface area (TPSA) is 0 Å². The Labute approximate surface area is 65.0 Å². The summed E-state index contributed by atoms with van der Waals surface area (Å²) in [5.74, 6) is 2.12. The van der Waals surface area contributed by atoms with E-state index < -0.39 is 0 Å². The van der Waals surface area contributed by atoms with Crippen LogP contribution in [-0.4, -0.2) is 0 Å². The van der Waals surface area contributed by atoms with Crippen LogP contribution in [0.25, 0.3) is 0 Å². The van der Waals surface area contributed by atoms with Gasteiger partial charge in [0.05, 0.1) is 0 Å². The second kappa shape index (κ2) is 4.00. The van der Waals surface area contributed by atoms with E-state index in [0.29, 0.717) is 0 Å². The lowest BCUT2D eigenvalue weighted by molar-refractivity contribution is 0.380. The van der Waals surface area contributed by atoms with Crippen molar-refractivity contribution in [3.8, 4) is 0 Å². The standard InChI is InChI=1S/C10H20/c1-3-4-7-10-8-5-6-9(10)2/h9-10H,3-8H2,1-2H3/t9-,10-/m1/s1. The van der Waals surface area contributed by atoms with E-state index in [0.717, 1.165) is 11.8 Å². The molecule has 2 atom stereocenters. The summed E-state index contributed by atoms with van der Waals surface area (Å²) in [6.07, 6.45) is 8.83. The largest absolute Gasteiger partial charge is 0.0654 e. The highest BCUT2D eigenvalue weighted by atomic mass is 14.3. The minimum absolute atomic E-state index is 1.03. The van der Waals surface area contributed by atoms with Crippen LogP contribution in [0.1, 0.15) is 52.4 Å². The molecule has 1 fully saturated rings. The molecule has 0 aromatic rings. The molecule has 0 bridgehead atoms. The van der Waals surface area contributed by atoms with Gasteiger partial charge in [-0.2, -0.15) is 0 Å². The minimum Gasteiger partial charge on any atom is -0.0654 e. The summed E-state index contributed by atoms with van der Waals surface area (Å²) >= 11 is 0. The molecule has 0 heterocycles. The van der Waals surface area contributed by atoms with Crippen molar-refractivity contribution < 1.29 is 0 Å². The first-order valence-corrected chi connectivity index (χ1v) is 4.84. The van der Waals surface area contributed by atoms with Gasteiger partial charge in [-0.15, -0.1) is 0 Å². The van der Waals surface area contributed by atoms with Crippen LogP contribution in [0.2, 0.25) is 0 Å². The van der Waals surface area contributed by atoms with Crippen molar-refractivity contribution in [1.82, 2.24) is 0 Å². The van der Waals surface area contributed by atoms with Crippen LogP contribution in [-0.2, 0) is 0 Å². The van der Waals surface area contributed by atoms with Crippen molar-refractivity contribution in [2.45, 2.75) is 52.4 Å². The van der Waals surface area contributed by atoms with Gasteiger partial charge in [0, 0.05) is 0 Å². The zero-order chi connectivity index (χ0) is 7.40. The molecule has 0 N–H and O–H groups in total. The summed E-state index contributed by atoms with van der Waals surface area (Å²) in [6.45, 7) is 4.72. The van der Waals surface area contributed by atoms with Crippen LogP contribution < -0.4 is 0 Å². The van der Waals surface area contributed by atoms with Gasteiger partial charge in [0.2, 0.25) is 0 Å². The van der Waals surface area contributed by atoms with Crippen LogP contribution in [0.15, 0.2) is 0 Å². The second-order valence-corrected chi connectivity index (χ2v) is 3.81. The van der Waals surface area contributed by atoms with Gasteiger partial charge in [-0.25, -0.2) is 0 Å². The lowest BCUT2D eigenvalue weighted by atomic mass is 9.93. The Morgan fingerprint density at radius 2 is 2.10 bits per heavy atom. The smallest absolute Gasteiger partial charge is 0.0388 e. The first-order valence-electron chi connectivity index (χ1n) is 4.84. The molecule has 1 aliphatic carbocycles. The normalized spacial score (nSPS) is 33.0. The summed E-state index contributed by atoms with van der Waals surface area (Å²) in [4.78, 5) is 0. The monoisotopic (exact) mass is 140 g/mol. The van der Waals surface area contributed by atoms with Gasteiger partial charge in [0.1, 0.15) is 0 Å². The minimum atomic E-state index is 1.03. The molecule has 0 heteroatoms. The summed E-state index contributed by atoms with van der Waals surface area (Å²) in [7, 11) is 0. The summed E-state index contributed by atoms with van der Waals surface area (Å²) in [6, 6.07) is 0. The average molecular weight is 140 g/mol. The van der Waals surface area contributed by atoms with E-state index in [-0.39, 0.29) is 0 Å². The maximum Gasteiger partial charge on any atom is -0.0388 e. The molecule has 60 valence electrons. The van der Waals surface area contributed by atoms with Gasteiger partial charge in [-0.1, -0.05) is 52.4 Å². The number of hydrogen-bond donors (Lipinski definition) is 0. The van der Waals surface area contributed by atoms with Crippen LogP contribution in [0.5, 0.6) is 0 Å². The van der Waals surface area contributed by atoms with Crippen LogP contribution in [0, 0.1) is 11.8 Å². The third-order valence-corrected chi connectivity index (χ3v) is 2.97. The van der Waals surface area contributed by atoms with Crippen molar-refractivity contribution >= 4 is 0 Å². The number of rotatable bonds is 3. The van der Waals surface area contributed by atoms with Gasteiger partial charge in [0.25, 0.3) is 0 Å². The fourth-order valence-electron chi connectivity index (χ4n) is 2.12. The highest BCUT2D eigenvalue weighted by Gasteiger charge is 2.21. The first kappa shape index (κ1) is 8.10. The number of unbranched alkanes of at least 4 members (excludes halogenated alkanes) is 1. The third kappa shape index (κ3) is 2.00. The Hall–Kier alpha value is 0. The van der Waals surface area contributed by atoms with Gasteiger partial charge < -0.3 is 0 Å². The first-order chi connectivity index (χ1) is 4.84. The van der Waals surface area contributed by atoms with Crippen molar-refractivity contribution in [3.63, 3.8) is 0 Å². The van der Waals surface area contributed by atoms with E-state index in [1.807, 2.05) is 0 Å². The summed E-state index contributed by atoms with van der Waals surface area (Å²) in [5.41, 5.74) is 0. The molecule has 0 aromatic carbocycles. The Morgan fingerprint density at radius 1 is 1.30 bits per heavy atom. The predicted molar refractivity (Wildman–Crippen MR) is 46.0 cm³/mol. The van der Waals surface area contributed by atoms with E-state index in [4.69, 9.17) is 0 Å². The molecule has 0 radical (unpaired) electrons. The van der Waals surface area contributed by atoms with E-state index in [1.54, 1.807) is 0 Å². The Kier molecular flexibility index (Phi) is 3.24. The molecule has 0 aromatic heterocycles. The maximum absolute atomic E-state index is 2.42. The maximum atomic E-state index is 2.42. The highest BCUT2D eigenvalue weighted by Crippen LogP contribution is 2.34. The van der Waals surface area contributed by atoms with Crippen LogP contribution in [0.4, 0.5) is 0 Å². The molecular weight excluding hydrogens is 120 g/mol. The molecule has 1 rings (SSSR count). The molecule has 0 saturated heterocycles. The fraction of sp³-hybridized carbons (Fsp3) is 1.00. The van der Waals surface area contributed by atoms with Gasteiger partial charge >= 0.3 is 0 Å². The molecule has 1 saturated carbocycles. The second-order valence-electron chi connectivity index (χ2n) is 3.81. The van der Waals surface area contributed by atoms with Crippen LogP contribution >= 0.6 is 0 Å². The molecule has 0 amide bonds. The van der Waals surface area contributed by atoms with Gasteiger partial charge in [-0.05, 0) is 11.8 Å². The van der Waals surface area contributed by atoms with E-state index in [9.17, 15) is 0 Å². The molecule has 0 unspecified atom stereocenters. The average Bonchev–Trinajstić information content (AvgIpc) is 2.31. The molecule has 0 aliphatic heterocycles. The van der Waals surface area contributed by atoms with Gasteiger partial charge in [0.15, 0.2) is 0 Å². The van der Waals surface area contributed by atoms with Gasteiger partial charge in [-0.3, -0.25) is 0 Å². The lowest BCUT2D eigenvalue weighted by Gasteiger charge is -2.13. The Balaban J connectivity index is 2.14. The Bertz CT molecular complexity index is 86.0. The SMILES string of the molecule is CCCC[C@@H]1CCC[C@H]1C. The molecule has 10 heavy (non-hydrogen) atoms. The highest BCUT2D eigenvalue weighted by molar-refractivity contribution is 4.73. The van der Waals surface area contributed by atoms with Crippen molar-refractivity contribution in [1.29, 1.82) is 0 Å². The van der Waals surface area contributed by atoms with Crippen molar-refractivity contribution in [2.75, 3.05) is 0 Å². The molecule has 0 spiro atoms. The van der Waals surface area contributed by atoms with E-state index in [2.05, 4.69) is 13.8 Å². The fourth-order valence-corrected chi connectivity index (χ4v) is 2.12. The molecule has 1 aliphatic rings. The zero-order valence-corrected chi connectivity index (χ0v) is 7.40. The molecule has 0 nitrogen and oxygen atoms in total. The molecular formula is C10H20. The van der Waals surface area contributed by atoms with E-state index >= 15 is 0 Å². The third-order valence-electron chi connectivity index (χ3n) is 2.97. The quantitative estimate of drug-likeness (QED) is 0.561. The van der Waals surface area contributed by atoms with Crippen LogP contribution in [0.3, 0.4) is 0 Å². The summed E-state index contributed by atoms with van der Waals surface area (Å²) < 4.78 is 0. The van der Waals surface area contributed by atoms with E-state index in [1.165, 1.54) is 38.5 Å². The summed E-state index contributed by atoms with van der Waals surface area (Å²) in [5, 5.41) is 0. The zero-order valence-electron chi connectivity index (χ0n) is 7.40. The van der Waals surface area contributed by atoms with Crippen molar-refractivity contribution in [3.05, 3.63) is 0 Å². The number of hydrogen-bond acceptors (Lipinski definition) is 0. The lowest BCUT2D eigenvalue weighted by Crippen LogP contribution is -2.02. The predicted octanol–water partition coefficient (Wildman–Crippen LogP) is 3.61. The Morgan fingerprint density at radius 3 is 2.60 bits per heavy atom.